The zero-order valence-electron chi connectivity index (χ0n) is 15.5. The molecule has 0 fully saturated rings. The normalized spacial score (nSPS) is 11.4. The van der Waals surface area contributed by atoms with Crippen LogP contribution in [0.4, 0.5) is 5.69 Å². The average molecular weight is 341 g/mol. The summed E-state index contributed by atoms with van der Waals surface area (Å²) in [5.41, 5.74) is 3.40. The third-order valence-corrected chi connectivity index (χ3v) is 4.22. The van der Waals surface area contributed by atoms with Crippen molar-refractivity contribution >= 4 is 11.6 Å². The Bertz CT molecular complexity index is 693. The number of benzene rings is 2. The molecule has 0 radical (unpaired) electrons. The van der Waals surface area contributed by atoms with E-state index in [0.717, 1.165) is 22.4 Å². The van der Waals surface area contributed by atoms with E-state index in [0.29, 0.717) is 19.8 Å². The largest absolute Gasteiger partial charge is 0.382 e. The number of ether oxygens (including phenoxy) is 2. The van der Waals surface area contributed by atoms with E-state index in [1.165, 1.54) is 0 Å². The first kappa shape index (κ1) is 19.2. The molecule has 25 heavy (non-hydrogen) atoms. The highest BCUT2D eigenvalue weighted by Crippen LogP contribution is 2.26. The minimum Gasteiger partial charge on any atom is -0.382 e. The van der Waals surface area contributed by atoms with Crippen molar-refractivity contribution in [1.82, 2.24) is 0 Å². The van der Waals surface area contributed by atoms with Crippen molar-refractivity contribution in [3.8, 4) is 0 Å². The topological polar surface area (TPSA) is 47.6 Å². The Morgan fingerprint density at radius 2 is 1.80 bits per heavy atom. The molecule has 0 bridgehead atoms. The van der Waals surface area contributed by atoms with E-state index < -0.39 is 5.41 Å². The molecule has 0 heterocycles. The molecule has 134 valence electrons. The molecule has 2 rings (SSSR count). The van der Waals surface area contributed by atoms with Crippen molar-refractivity contribution in [2.75, 3.05) is 25.6 Å². The lowest BCUT2D eigenvalue weighted by Gasteiger charge is -2.24. The Labute approximate surface area is 150 Å². The zero-order valence-corrected chi connectivity index (χ0v) is 15.5. The van der Waals surface area contributed by atoms with Crippen LogP contribution in [-0.4, -0.2) is 26.2 Å². The van der Waals surface area contributed by atoms with E-state index in [1.807, 2.05) is 63.2 Å². The van der Waals surface area contributed by atoms with Gasteiger partial charge in [-0.1, -0.05) is 42.0 Å². The molecule has 1 amide bonds. The Hall–Kier alpha value is -2.17. The predicted octanol–water partition coefficient (Wildman–Crippen LogP) is 4.07. The number of anilines is 1. The van der Waals surface area contributed by atoms with Gasteiger partial charge in [-0.25, -0.2) is 0 Å². The molecule has 0 unspecified atom stereocenters. The SMILES string of the molecule is COCCOCc1ccc(NC(=O)C(C)(C)c2cccc(C)c2)cc1. The Morgan fingerprint density at radius 1 is 1.08 bits per heavy atom. The van der Waals surface area contributed by atoms with Crippen molar-refractivity contribution in [3.05, 3.63) is 65.2 Å². The van der Waals surface area contributed by atoms with Gasteiger partial charge >= 0.3 is 0 Å². The van der Waals surface area contributed by atoms with Gasteiger partial charge < -0.3 is 14.8 Å². The quantitative estimate of drug-likeness (QED) is 0.736. The highest BCUT2D eigenvalue weighted by atomic mass is 16.5. The maximum absolute atomic E-state index is 12.7. The smallest absolute Gasteiger partial charge is 0.234 e. The number of hydrogen-bond donors (Lipinski definition) is 1. The Kier molecular flexibility index (Phi) is 6.73. The Morgan fingerprint density at radius 3 is 2.44 bits per heavy atom. The second-order valence-electron chi connectivity index (χ2n) is 6.69. The first-order valence-electron chi connectivity index (χ1n) is 8.47. The fraction of sp³-hybridized carbons (Fsp3) is 0.381. The van der Waals surface area contributed by atoms with Gasteiger partial charge in [-0.15, -0.1) is 0 Å². The lowest BCUT2D eigenvalue weighted by molar-refractivity contribution is -0.120. The van der Waals surface area contributed by atoms with Gasteiger partial charge in [0.1, 0.15) is 0 Å². The molecular formula is C21H27NO3. The molecule has 4 nitrogen and oxygen atoms in total. The van der Waals surface area contributed by atoms with Crippen molar-refractivity contribution < 1.29 is 14.3 Å². The lowest BCUT2D eigenvalue weighted by atomic mass is 9.83. The summed E-state index contributed by atoms with van der Waals surface area (Å²) >= 11 is 0. The van der Waals surface area contributed by atoms with Gasteiger partial charge in [0.15, 0.2) is 0 Å². The number of methoxy groups -OCH3 is 1. The van der Waals surface area contributed by atoms with Gasteiger partial charge in [0, 0.05) is 12.8 Å². The average Bonchev–Trinajstić information content (AvgIpc) is 2.60. The molecule has 0 spiro atoms. The maximum atomic E-state index is 12.7. The summed E-state index contributed by atoms with van der Waals surface area (Å²) in [4.78, 5) is 12.7. The summed E-state index contributed by atoms with van der Waals surface area (Å²) in [6, 6.07) is 15.8. The highest BCUT2D eigenvalue weighted by Gasteiger charge is 2.29. The molecule has 0 atom stereocenters. The standard InChI is InChI=1S/C21H27NO3/c1-16-6-5-7-18(14-16)21(2,3)20(23)22-19-10-8-17(9-11-19)15-25-13-12-24-4/h5-11,14H,12-13,15H2,1-4H3,(H,22,23). The summed E-state index contributed by atoms with van der Waals surface area (Å²) in [7, 11) is 1.65. The van der Waals surface area contributed by atoms with Crippen molar-refractivity contribution in [2.24, 2.45) is 0 Å². The summed E-state index contributed by atoms with van der Waals surface area (Å²) in [6.45, 7) is 7.60. The Balaban J connectivity index is 1.97. The molecule has 2 aromatic rings. The molecule has 1 N–H and O–H groups in total. The van der Waals surface area contributed by atoms with E-state index in [9.17, 15) is 4.79 Å². The van der Waals surface area contributed by atoms with Crippen molar-refractivity contribution in [1.29, 1.82) is 0 Å². The monoisotopic (exact) mass is 341 g/mol. The zero-order chi connectivity index (χ0) is 18.3. The summed E-state index contributed by atoms with van der Waals surface area (Å²) in [6.07, 6.45) is 0. The lowest BCUT2D eigenvalue weighted by Crippen LogP contribution is -2.34. The molecule has 0 aromatic heterocycles. The predicted molar refractivity (Wildman–Crippen MR) is 101 cm³/mol. The summed E-state index contributed by atoms with van der Waals surface area (Å²) in [5.74, 6) is -0.0257. The van der Waals surface area contributed by atoms with Gasteiger partial charge in [0.05, 0.1) is 25.2 Å². The van der Waals surface area contributed by atoms with Crippen LogP contribution in [0.2, 0.25) is 0 Å². The van der Waals surface area contributed by atoms with Crippen LogP contribution >= 0.6 is 0 Å². The second kappa shape index (κ2) is 8.79. The number of hydrogen-bond acceptors (Lipinski definition) is 3. The van der Waals surface area contributed by atoms with Crippen LogP contribution < -0.4 is 5.32 Å². The van der Waals surface area contributed by atoms with Gasteiger partial charge in [-0.05, 0) is 44.0 Å². The highest BCUT2D eigenvalue weighted by molar-refractivity contribution is 5.98. The van der Waals surface area contributed by atoms with Crippen LogP contribution in [-0.2, 0) is 26.3 Å². The fourth-order valence-electron chi connectivity index (χ4n) is 2.47. The van der Waals surface area contributed by atoms with Gasteiger partial charge in [0.25, 0.3) is 0 Å². The molecule has 4 heteroatoms. The van der Waals surface area contributed by atoms with Gasteiger partial charge in [-0.2, -0.15) is 0 Å². The molecule has 0 saturated heterocycles. The number of amides is 1. The molecular weight excluding hydrogens is 314 g/mol. The van der Waals surface area contributed by atoms with Gasteiger partial charge in [0.2, 0.25) is 5.91 Å². The summed E-state index contributed by atoms with van der Waals surface area (Å²) < 4.78 is 10.4. The third-order valence-electron chi connectivity index (χ3n) is 4.22. The number of nitrogens with one attached hydrogen (secondary N) is 1. The van der Waals surface area contributed by atoms with Crippen molar-refractivity contribution in [2.45, 2.75) is 32.8 Å². The fourth-order valence-corrected chi connectivity index (χ4v) is 2.47. The number of aryl methyl sites for hydroxylation is 1. The van der Waals surface area contributed by atoms with Crippen LogP contribution in [0.1, 0.15) is 30.5 Å². The summed E-state index contributed by atoms with van der Waals surface area (Å²) in [5, 5.41) is 3.00. The molecule has 0 saturated carbocycles. The first-order chi connectivity index (χ1) is 11.9. The minimum atomic E-state index is -0.603. The molecule has 2 aromatic carbocycles. The second-order valence-corrected chi connectivity index (χ2v) is 6.69. The number of carbonyl (C=O) groups is 1. The molecule has 0 aliphatic rings. The third kappa shape index (κ3) is 5.41. The molecule has 0 aliphatic heterocycles. The van der Waals surface area contributed by atoms with E-state index >= 15 is 0 Å². The molecule has 0 aliphatic carbocycles. The number of rotatable bonds is 8. The number of carbonyl (C=O) groups excluding carboxylic acids is 1. The van der Waals surface area contributed by atoms with Crippen LogP contribution in [0.5, 0.6) is 0 Å². The maximum Gasteiger partial charge on any atom is 0.234 e. The van der Waals surface area contributed by atoms with Crippen molar-refractivity contribution in [3.63, 3.8) is 0 Å². The van der Waals surface area contributed by atoms with Crippen LogP contribution in [0.15, 0.2) is 48.5 Å². The minimum absolute atomic E-state index is 0.0257. The van der Waals surface area contributed by atoms with E-state index in [1.54, 1.807) is 7.11 Å². The van der Waals surface area contributed by atoms with E-state index in [4.69, 9.17) is 9.47 Å². The van der Waals surface area contributed by atoms with Gasteiger partial charge in [-0.3, -0.25) is 4.79 Å². The first-order valence-corrected chi connectivity index (χ1v) is 8.47. The van der Waals surface area contributed by atoms with Crippen LogP contribution in [0.3, 0.4) is 0 Å². The van der Waals surface area contributed by atoms with E-state index in [2.05, 4.69) is 11.4 Å². The van der Waals surface area contributed by atoms with Crippen LogP contribution in [0, 0.1) is 6.92 Å². The van der Waals surface area contributed by atoms with E-state index in [-0.39, 0.29) is 5.91 Å². The van der Waals surface area contributed by atoms with Crippen LogP contribution in [0.25, 0.3) is 0 Å².